The number of aromatic nitrogens is 2. The number of benzene rings is 2. The Balaban J connectivity index is 1.46. The van der Waals surface area contributed by atoms with Crippen molar-refractivity contribution >= 4 is 32.9 Å². The molecule has 2 heterocycles. The van der Waals surface area contributed by atoms with E-state index in [1.807, 2.05) is 30.5 Å². The van der Waals surface area contributed by atoms with Crippen molar-refractivity contribution in [3.05, 3.63) is 83.7 Å². The summed E-state index contributed by atoms with van der Waals surface area (Å²) in [6.07, 6.45) is 3.90. The van der Waals surface area contributed by atoms with Crippen molar-refractivity contribution < 1.29 is 0 Å². The Morgan fingerprint density at radius 1 is 1.08 bits per heavy atom. The fourth-order valence-electron chi connectivity index (χ4n) is 2.65. The standard InChI is InChI=1S/C20H18N4S/c1-15-8-10-16(11-9-15)14-24-12-4-5-17(24)13-21-23-20-22-18-6-2-3-7-19(18)25-20/h2-13H,14H2,1H3,(H,22,23)/b21-13+. The number of para-hydroxylation sites is 1. The Morgan fingerprint density at radius 2 is 1.92 bits per heavy atom. The summed E-state index contributed by atoms with van der Waals surface area (Å²) in [6.45, 7) is 2.93. The number of rotatable bonds is 5. The maximum Gasteiger partial charge on any atom is 0.204 e. The quantitative estimate of drug-likeness (QED) is 0.412. The molecule has 0 atom stereocenters. The number of aryl methyl sites for hydroxylation is 1. The average Bonchev–Trinajstić information content (AvgIpc) is 3.23. The van der Waals surface area contributed by atoms with Gasteiger partial charge in [-0.25, -0.2) is 4.98 Å². The van der Waals surface area contributed by atoms with Gasteiger partial charge in [0, 0.05) is 12.7 Å². The van der Waals surface area contributed by atoms with Crippen LogP contribution in [0.2, 0.25) is 0 Å². The molecule has 2 aromatic carbocycles. The summed E-state index contributed by atoms with van der Waals surface area (Å²) in [5.74, 6) is 0. The van der Waals surface area contributed by atoms with Crippen LogP contribution in [-0.4, -0.2) is 15.8 Å². The van der Waals surface area contributed by atoms with Crippen LogP contribution in [0.5, 0.6) is 0 Å². The summed E-state index contributed by atoms with van der Waals surface area (Å²) in [7, 11) is 0. The van der Waals surface area contributed by atoms with Crippen molar-refractivity contribution in [3.8, 4) is 0 Å². The molecule has 0 amide bonds. The van der Waals surface area contributed by atoms with E-state index in [4.69, 9.17) is 0 Å². The number of nitrogens with one attached hydrogen (secondary N) is 1. The summed E-state index contributed by atoms with van der Waals surface area (Å²) in [5, 5.41) is 5.15. The Bertz CT molecular complexity index is 979. The lowest BCUT2D eigenvalue weighted by Gasteiger charge is -2.06. The van der Waals surface area contributed by atoms with Crippen LogP contribution in [0.4, 0.5) is 5.13 Å². The zero-order valence-electron chi connectivity index (χ0n) is 13.9. The fourth-order valence-corrected chi connectivity index (χ4v) is 3.47. The van der Waals surface area contributed by atoms with Gasteiger partial charge in [-0.2, -0.15) is 5.10 Å². The van der Waals surface area contributed by atoms with Crippen LogP contribution >= 0.6 is 11.3 Å². The van der Waals surface area contributed by atoms with Crippen LogP contribution in [0.25, 0.3) is 10.2 Å². The van der Waals surface area contributed by atoms with Crippen molar-refractivity contribution in [3.63, 3.8) is 0 Å². The van der Waals surface area contributed by atoms with Crippen LogP contribution in [0, 0.1) is 6.92 Å². The van der Waals surface area contributed by atoms with E-state index in [9.17, 15) is 0 Å². The molecule has 5 heteroatoms. The van der Waals surface area contributed by atoms with Crippen LogP contribution in [0.1, 0.15) is 16.8 Å². The van der Waals surface area contributed by atoms with Crippen LogP contribution in [-0.2, 0) is 6.54 Å². The Labute approximate surface area is 150 Å². The monoisotopic (exact) mass is 346 g/mol. The maximum absolute atomic E-state index is 4.52. The molecule has 25 heavy (non-hydrogen) atoms. The Morgan fingerprint density at radius 3 is 2.76 bits per heavy atom. The summed E-state index contributed by atoms with van der Waals surface area (Å²) in [6, 6.07) is 20.8. The summed E-state index contributed by atoms with van der Waals surface area (Å²) in [4.78, 5) is 4.52. The molecule has 0 aliphatic heterocycles. The summed E-state index contributed by atoms with van der Waals surface area (Å²) >= 11 is 1.60. The van der Waals surface area contributed by atoms with Gasteiger partial charge in [0.1, 0.15) is 0 Å². The van der Waals surface area contributed by atoms with Gasteiger partial charge in [-0.15, -0.1) is 0 Å². The second-order valence-electron chi connectivity index (χ2n) is 5.90. The van der Waals surface area contributed by atoms with E-state index in [1.54, 1.807) is 11.3 Å². The molecule has 4 aromatic rings. The molecule has 0 saturated carbocycles. The molecule has 0 aliphatic carbocycles. The van der Waals surface area contributed by atoms with E-state index in [2.05, 4.69) is 69.6 Å². The largest absolute Gasteiger partial charge is 0.342 e. The molecule has 0 unspecified atom stereocenters. The van der Waals surface area contributed by atoms with E-state index in [0.717, 1.165) is 27.6 Å². The lowest BCUT2D eigenvalue weighted by Crippen LogP contribution is -2.03. The Kier molecular flexibility index (Phi) is 4.31. The molecule has 4 nitrogen and oxygen atoms in total. The first-order valence-electron chi connectivity index (χ1n) is 8.13. The highest BCUT2D eigenvalue weighted by Crippen LogP contribution is 2.25. The molecule has 4 rings (SSSR count). The fraction of sp³-hybridized carbons (Fsp3) is 0.100. The van der Waals surface area contributed by atoms with Gasteiger partial charge in [-0.1, -0.05) is 53.3 Å². The zero-order valence-corrected chi connectivity index (χ0v) is 14.7. The van der Waals surface area contributed by atoms with Gasteiger partial charge in [0.2, 0.25) is 5.13 Å². The van der Waals surface area contributed by atoms with Gasteiger partial charge >= 0.3 is 0 Å². The SMILES string of the molecule is Cc1ccc(Cn2cccc2/C=N/Nc2nc3ccccc3s2)cc1. The van der Waals surface area contributed by atoms with Gasteiger partial charge < -0.3 is 4.57 Å². The third kappa shape index (κ3) is 3.61. The van der Waals surface area contributed by atoms with E-state index >= 15 is 0 Å². The molecule has 0 fully saturated rings. The van der Waals surface area contributed by atoms with Gasteiger partial charge in [0.15, 0.2) is 0 Å². The number of hydrogen-bond acceptors (Lipinski definition) is 4. The molecule has 2 aromatic heterocycles. The smallest absolute Gasteiger partial charge is 0.204 e. The second-order valence-corrected chi connectivity index (χ2v) is 6.93. The van der Waals surface area contributed by atoms with Crippen LogP contribution in [0.15, 0.2) is 72.0 Å². The first kappa shape index (κ1) is 15.6. The Hall–Kier alpha value is -2.92. The maximum atomic E-state index is 4.52. The average molecular weight is 346 g/mol. The van der Waals surface area contributed by atoms with Gasteiger partial charge in [-0.05, 0) is 36.8 Å². The minimum Gasteiger partial charge on any atom is -0.342 e. The predicted molar refractivity (Wildman–Crippen MR) is 106 cm³/mol. The molecular formula is C20H18N4S. The second kappa shape index (κ2) is 6.91. The minimum atomic E-state index is 0.800. The van der Waals surface area contributed by atoms with Gasteiger partial charge in [0.25, 0.3) is 0 Å². The number of hydrogen-bond donors (Lipinski definition) is 1. The lowest BCUT2D eigenvalue weighted by atomic mass is 10.1. The molecule has 1 N–H and O–H groups in total. The van der Waals surface area contributed by atoms with Gasteiger partial charge in [0.05, 0.1) is 22.1 Å². The van der Waals surface area contributed by atoms with E-state index < -0.39 is 0 Å². The van der Waals surface area contributed by atoms with Crippen molar-refractivity contribution in [2.75, 3.05) is 5.43 Å². The van der Waals surface area contributed by atoms with E-state index in [-0.39, 0.29) is 0 Å². The molecular weight excluding hydrogens is 328 g/mol. The van der Waals surface area contributed by atoms with Crippen LogP contribution < -0.4 is 5.43 Å². The zero-order chi connectivity index (χ0) is 17.1. The van der Waals surface area contributed by atoms with E-state index in [0.29, 0.717) is 0 Å². The molecule has 0 radical (unpaired) electrons. The molecule has 0 bridgehead atoms. The summed E-state index contributed by atoms with van der Waals surface area (Å²) in [5.41, 5.74) is 7.63. The normalized spacial score (nSPS) is 11.4. The van der Waals surface area contributed by atoms with Crippen molar-refractivity contribution in [1.29, 1.82) is 0 Å². The lowest BCUT2D eigenvalue weighted by molar-refractivity contribution is 0.799. The van der Waals surface area contributed by atoms with Crippen molar-refractivity contribution in [2.45, 2.75) is 13.5 Å². The minimum absolute atomic E-state index is 0.800. The third-order valence-corrected chi connectivity index (χ3v) is 4.93. The highest BCUT2D eigenvalue weighted by atomic mass is 32.1. The van der Waals surface area contributed by atoms with Crippen molar-refractivity contribution in [2.24, 2.45) is 5.10 Å². The third-order valence-electron chi connectivity index (χ3n) is 3.99. The molecule has 124 valence electrons. The van der Waals surface area contributed by atoms with Crippen LogP contribution in [0.3, 0.4) is 0 Å². The topological polar surface area (TPSA) is 42.2 Å². The summed E-state index contributed by atoms with van der Waals surface area (Å²) < 4.78 is 3.33. The number of fused-ring (bicyclic) bond motifs is 1. The highest BCUT2D eigenvalue weighted by molar-refractivity contribution is 7.22. The van der Waals surface area contributed by atoms with E-state index in [1.165, 1.54) is 11.1 Å². The first-order chi connectivity index (χ1) is 12.3. The number of hydrazone groups is 1. The number of thiazole rings is 1. The predicted octanol–water partition coefficient (Wildman–Crippen LogP) is 4.90. The first-order valence-corrected chi connectivity index (χ1v) is 8.95. The molecule has 0 spiro atoms. The molecule has 0 saturated heterocycles. The number of nitrogens with zero attached hydrogens (tertiary/aromatic N) is 3. The molecule has 0 aliphatic rings. The van der Waals surface area contributed by atoms with Crippen molar-refractivity contribution in [1.82, 2.24) is 9.55 Å². The number of anilines is 1. The van der Waals surface area contributed by atoms with Gasteiger partial charge in [-0.3, -0.25) is 5.43 Å². The highest BCUT2D eigenvalue weighted by Gasteiger charge is 2.02.